The van der Waals surface area contributed by atoms with Crippen molar-refractivity contribution in [3.8, 4) is 0 Å². The van der Waals surface area contributed by atoms with Gasteiger partial charge in [-0.05, 0) is 72.2 Å². The van der Waals surface area contributed by atoms with Gasteiger partial charge in [-0.2, -0.15) is 0 Å². The number of fused-ring (bicyclic) bond motifs is 2. The highest BCUT2D eigenvalue weighted by Crippen LogP contribution is 2.45. The van der Waals surface area contributed by atoms with Gasteiger partial charge in [0, 0.05) is 55.1 Å². The number of ether oxygens (including phenoxy) is 2. The van der Waals surface area contributed by atoms with E-state index < -0.39 is 23.3 Å². The Labute approximate surface area is 254 Å². The third kappa shape index (κ3) is 6.27. The van der Waals surface area contributed by atoms with E-state index in [0.29, 0.717) is 17.5 Å². The molecule has 2 aliphatic carbocycles. The molecule has 4 atom stereocenters. The molecule has 0 unspecified atom stereocenters. The van der Waals surface area contributed by atoms with E-state index >= 15 is 0 Å². The zero-order chi connectivity index (χ0) is 32.1. The highest BCUT2D eigenvalue weighted by Gasteiger charge is 2.48. The number of nitrogens with two attached hydrogens (primary N) is 3. The fourth-order valence-corrected chi connectivity index (χ4v) is 7.47. The van der Waals surface area contributed by atoms with Crippen molar-refractivity contribution in [2.24, 2.45) is 17.2 Å². The van der Waals surface area contributed by atoms with Crippen LogP contribution in [0.4, 0.5) is 4.79 Å². The van der Waals surface area contributed by atoms with Gasteiger partial charge in [-0.3, -0.25) is 9.59 Å². The van der Waals surface area contributed by atoms with Crippen LogP contribution in [-0.2, 0) is 33.1 Å². The monoisotopic (exact) mass is 596 g/mol. The van der Waals surface area contributed by atoms with Crippen LogP contribution in [-0.4, -0.2) is 61.5 Å². The zero-order valence-electron chi connectivity index (χ0n) is 26.2. The van der Waals surface area contributed by atoms with Crippen molar-refractivity contribution in [2.45, 2.75) is 101 Å². The molecule has 10 heteroatoms. The second kappa shape index (κ2) is 13.9. The minimum atomic E-state index is -1.07. The first-order chi connectivity index (χ1) is 20.4. The minimum Gasteiger partial charge on any atom is -0.465 e. The molecule has 2 aliphatic rings. The Morgan fingerprint density at radius 3 is 1.58 bits per heavy atom. The van der Waals surface area contributed by atoms with E-state index in [9.17, 15) is 19.5 Å². The van der Waals surface area contributed by atoms with Gasteiger partial charge in [0.25, 0.3) is 0 Å². The van der Waals surface area contributed by atoms with E-state index in [-0.39, 0.29) is 29.7 Å². The number of hydrogen-bond donors (Lipinski definition) is 5. The van der Waals surface area contributed by atoms with Gasteiger partial charge in [0.2, 0.25) is 11.8 Å². The lowest BCUT2D eigenvalue weighted by molar-refractivity contribution is 0.0253. The van der Waals surface area contributed by atoms with Crippen LogP contribution in [0.25, 0.3) is 0 Å². The summed E-state index contributed by atoms with van der Waals surface area (Å²) in [5.41, 5.74) is 22.2. The molecule has 3 amide bonds. The number of carboxylic acid groups (broad SMARTS) is 1. The van der Waals surface area contributed by atoms with Crippen LogP contribution >= 0.6 is 0 Å². The molecule has 0 radical (unpaired) electrons. The number of carbonyl (C=O) groups excluding carboxylic acids is 2. The summed E-state index contributed by atoms with van der Waals surface area (Å²) in [7, 11) is 3.31. The molecule has 0 saturated carbocycles. The summed E-state index contributed by atoms with van der Waals surface area (Å²) in [4.78, 5) is 34.3. The average molecular weight is 597 g/mol. The molecule has 0 heterocycles. The van der Waals surface area contributed by atoms with E-state index in [2.05, 4.69) is 19.2 Å². The quantitative estimate of drug-likeness (QED) is 0.292. The molecule has 0 saturated heterocycles. The average Bonchev–Trinajstić information content (AvgIpc) is 3.00. The van der Waals surface area contributed by atoms with Crippen molar-refractivity contribution in [3.05, 3.63) is 69.8 Å². The van der Waals surface area contributed by atoms with Crippen LogP contribution in [0.1, 0.15) is 96.3 Å². The van der Waals surface area contributed by atoms with Crippen molar-refractivity contribution in [2.75, 3.05) is 14.2 Å². The molecular weight excluding hydrogens is 548 g/mol. The number of amides is 3. The fourth-order valence-electron chi connectivity index (χ4n) is 7.47. The first-order valence-corrected chi connectivity index (χ1v) is 15.1. The molecule has 0 bridgehead atoms. The number of methoxy groups -OCH3 is 2. The first-order valence-electron chi connectivity index (χ1n) is 15.1. The third-order valence-corrected chi connectivity index (χ3v) is 10.1. The molecule has 2 aromatic carbocycles. The van der Waals surface area contributed by atoms with Crippen LogP contribution in [0, 0.1) is 0 Å². The summed E-state index contributed by atoms with van der Waals surface area (Å²) in [5, 5.41) is 11.9. The highest BCUT2D eigenvalue weighted by atomic mass is 16.5. The van der Waals surface area contributed by atoms with E-state index in [1.54, 1.807) is 26.4 Å². The Hall–Kier alpha value is -3.47. The number of nitrogens with one attached hydrogen (secondary N) is 1. The van der Waals surface area contributed by atoms with Crippen LogP contribution < -0.4 is 22.5 Å². The largest absolute Gasteiger partial charge is 0.465 e. The Morgan fingerprint density at radius 1 is 0.791 bits per heavy atom. The van der Waals surface area contributed by atoms with Gasteiger partial charge in [-0.25, -0.2) is 4.79 Å². The van der Waals surface area contributed by atoms with Gasteiger partial charge >= 0.3 is 6.09 Å². The topological polar surface area (TPSA) is 180 Å². The Morgan fingerprint density at radius 2 is 1.21 bits per heavy atom. The molecule has 8 N–H and O–H groups in total. The molecule has 0 aromatic heterocycles. The van der Waals surface area contributed by atoms with Crippen molar-refractivity contribution in [1.82, 2.24) is 5.32 Å². The maximum absolute atomic E-state index is 11.5. The Balaban J connectivity index is 0.000000238. The van der Waals surface area contributed by atoms with Crippen LogP contribution in [0.3, 0.4) is 0 Å². The first kappa shape index (κ1) is 34.0. The van der Waals surface area contributed by atoms with Crippen molar-refractivity contribution in [3.63, 3.8) is 0 Å². The lowest BCUT2D eigenvalue weighted by Gasteiger charge is -2.48. The molecular formula is C33H48N4O6. The third-order valence-electron chi connectivity index (χ3n) is 10.1. The number of hydrogen-bond acceptors (Lipinski definition) is 6. The predicted octanol–water partition coefficient (Wildman–Crippen LogP) is 3.79. The summed E-state index contributed by atoms with van der Waals surface area (Å²) >= 11 is 0. The summed E-state index contributed by atoms with van der Waals surface area (Å²) in [6, 6.07) is 10.7. The van der Waals surface area contributed by atoms with Crippen LogP contribution in [0.15, 0.2) is 36.4 Å². The lowest BCUT2D eigenvalue weighted by atomic mass is 9.62. The second-order valence-electron chi connectivity index (χ2n) is 11.6. The predicted molar refractivity (Wildman–Crippen MR) is 166 cm³/mol. The molecule has 10 nitrogen and oxygen atoms in total. The molecule has 0 spiro atoms. The van der Waals surface area contributed by atoms with E-state index in [1.807, 2.05) is 38.1 Å². The molecule has 0 aliphatic heterocycles. The Kier molecular flexibility index (Phi) is 11.0. The van der Waals surface area contributed by atoms with E-state index in [1.165, 1.54) is 11.1 Å². The maximum Gasteiger partial charge on any atom is 0.404 e. The van der Waals surface area contributed by atoms with Crippen molar-refractivity contribution >= 4 is 17.9 Å². The van der Waals surface area contributed by atoms with E-state index in [4.69, 9.17) is 26.7 Å². The van der Waals surface area contributed by atoms with Crippen LogP contribution in [0.2, 0.25) is 0 Å². The molecule has 4 rings (SSSR count). The van der Waals surface area contributed by atoms with Crippen molar-refractivity contribution < 1.29 is 29.0 Å². The minimum absolute atomic E-state index is 0.0156. The van der Waals surface area contributed by atoms with E-state index in [0.717, 1.165) is 43.2 Å². The molecule has 43 heavy (non-hydrogen) atoms. The smallest absolute Gasteiger partial charge is 0.404 e. The number of rotatable bonds is 9. The number of primary amides is 2. The lowest BCUT2D eigenvalue weighted by Crippen LogP contribution is -2.60. The molecule has 0 fully saturated rings. The second-order valence-corrected chi connectivity index (χ2v) is 11.6. The van der Waals surface area contributed by atoms with Gasteiger partial charge < -0.3 is 37.1 Å². The maximum atomic E-state index is 11.5. The van der Waals surface area contributed by atoms with Gasteiger partial charge in [-0.1, -0.05) is 39.8 Å². The number of benzene rings is 2. The summed E-state index contributed by atoms with van der Waals surface area (Å²) in [6.45, 7) is 8.34. The normalized spacial score (nSPS) is 23.1. The van der Waals surface area contributed by atoms with Gasteiger partial charge in [0.15, 0.2) is 0 Å². The SMILES string of the molecule is CCC1(CC)c2cc(C(N)=O)ccc2C[C@@H](OC)[C@@H]1N.CCC1(CC)c2cc(C(N)=O)ccc2C[C@@H](OC)[C@@H]1NC(=O)O. The van der Waals surface area contributed by atoms with Crippen molar-refractivity contribution in [1.29, 1.82) is 0 Å². The standard InChI is InChI=1S/C17H24N2O4.C16H24N2O2/c1-4-17(5-2)12-8-11(15(18)20)7-6-10(12)9-13(23-3)14(17)19-16(21)22;1-4-16(5-2)12-8-11(15(18)19)7-6-10(12)9-13(20-3)14(16)17/h6-8,13-14,19H,4-5,9H2,1-3H3,(H2,18,20)(H,21,22);6-8,13-14H,4-5,9,17H2,1-3H3,(H2,18,19)/t2*13-,14+/m11/s1. The molecule has 236 valence electrons. The van der Waals surface area contributed by atoms with Gasteiger partial charge in [-0.15, -0.1) is 0 Å². The summed E-state index contributed by atoms with van der Waals surface area (Å²) in [6.07, 6.45) is 3.36. The zero-order valence-corrected chi connectivity index (χ0v) is 26.2. The van der Waals surface area contributed by atoms with Gasteiger partial charge in [0.1, 0.15) is 0 Å². The Bertz CT molecular complexity index is 1320. The summed E-state index contributed by atoms with van der Waals surface area (Å²) in [5.74, 6) is -0.873. The highest BCUT2D eigenvalue weighted by molar-refractivity contribution is 5.93. The summed E-state index contributed by atoms with van der Waals surface area (Å²) < 4.78 is 11.2. The number of carbonyl (C=O) groups is 3. The molecule has 2 aromatic rings. The van der Waals surface area contributed by atoms with Gasteiger partial charge in [0.05, 0.1) is 18.2 Å². The van der Waals surface area contributed by atoms with Crippen LogP contribution in [0.5, 0.6) is 0 Å². The fraction of sp³-hybridized carbons (Fsp3) is 0.545.